The predicted molar refractivity (Wildman–Crippen MR) is 84.4 cm³/mol. The minimum absolute atomic E-state index is 0.0270. The second kappa shape index (κ2) is 7.25. The summed E-state index contributed by atoms with van der Waals surface area (Å²) in [5.74, 6) is 0.288. The smallest absolute Gasteiger partial charge is 0.230 e. The Morgan fingerprint density at radius 2 is 2.10 bits per heavy atom. The normalized spacial score (nSPS) is 19.0. The summed E-state index contributed by atoms with van der Waals surface area (Å²) in [6, 6.07) is 7.59. The van der Waals surface area contributed by atoms with Gasteiger partial charge in [-0.2, -0.15) is 0 Å². The maximum Gasteiger partial charge on any atom is 0.230 e. The van der Waals surface area contributed by atoms with Crippen LogP contribution in [0, 0.1) is 5.92 Å². The lowest BCUT2D eigenvalue weighted by Crippen LogP contribution is -2.49. The van der Waals surface area contributed by atoms with Crippen molar-refractivity contribution in [3.05, 3.63) is 34.9 Å². The molecular weight excluding hydrogens is 288 g/mol. The lowest BCUT2D eigenvalue weighted by Gasteiger charge is -2.37. The number of rotatable bonds is 5. The molecule has 1 aliphatic rings. The van der Waals surface area contributed by atoms with Crippen molar-refractivity contribution in [2.45, 2.75) is 25.2 Å². The van der Waals surface area contributed by atoms with Crippen LogP contribution < -0.4 is 11.1 Å². The van der Waals surface area contributed by atoms with Crippen LogP contribution in [-0.2, 0) is 14.9 Å². The van der Waals surface area contributed by atoms with E-state index in [-0.39, 0.29) is 11.8 Å². The first-order valence-corrected chi connectivity index (χ1v) is 7.79. The number of nitrogens with one attached hydrogen (secondary N) is 1. The van der Waals surface area contributed by atoms with Crippen LogP contribution in [0.5, 0.6) is 0 Å². The van der Waals surface area contributed by atoms with Crippen molar-refractivity contribution in [2.75, 3.05) is 26.3 Å². The molecule has 1 aromatic carbocycles. The maximum absolute atomic E-state index is 12.8. The average Bonchev–Trinajstić information content (AvgIpc) is 2.53. The van der Waals surface area contributed by atoms with Gasteiger partial charge in [0.05, 0.1) is 5.41 Å². The fourth-order valence-corrected chi connectivity index (χ4v) is 3.02. The SMILES string of the molecule is CC(CN)CNC(=O)C1(c2ccccc2Cl)CCOCC1. The van der Waals surface area contributed by atoms with Gasteiger partial charge in [-0.3, -0.25) is 4.79 Å². The Labute approximate surface area is 131 Å². The van der Waals surface area contributed by atoms with Gasteiger partial charge in [0.25, 0.3) is 0 Å². The molecule has 1 aromatic rings. The van der Waals surface area contributed by atoms with E-state index in [0.29, 0.717) is 44.2 Å². The molecule has 0 aliphatic carbocycles. The third-order valence-electron chi connectivity index (χ3n) is 4.18. The van der Waals surface area contributed by atoms with Crippen LogP contribution >= 0.6 is 11.6 Å². The van der Waals surface area contributed by atoms with Crippen LogP contribution in [0.15, 0.2) is 24.3 Å². The molecule has 1 saturated heterocycles. The van der Waals surface area contributed by atoms with Gasteiger partial charge in [0.15, 0.2) is 0 Å². The van der Waals surface area contributed by atoms with Gasteiger partial charge in [-0.25, -0.2) is 0 Å². The molecule has 1 atom stereocenters. The quantitative estimate of drug-likeness (QED) is 0.875. The minimum atomic E-state index is -0.592. The number of ether oxygens (including phenoxy) is 1. The van der Waals surface area contributed by atoms with E-state index >= 15 is 0 Å². The summed E-state index contributed by atoms with van der Waals surface area (Å²) >= 11 is 6.34. The van der Waals surface area contributed by atoms with Crippen LogP contribution in [0.4, 0.5) is 0 Å². The van der Waals surface area contributed by atoms with Crippen molar-refractivity contribution in [2.24, 2.45) is 11.7 Å². The fourth-order valence-electron chi connectivity index (χ4n) is 2.71. The minimum Gasteiger partial charge on any atom is -0.381 e. The molecule has 1 fully saturated rings. The molecule has 0 bridgehead atoms. The summed E-state index contributed by atoms with van der Waals surface area (Å²) in [4.78, 5) is 12.8. The lowest BCUT2D eigenvalue weighted by molar-refractivity contribution is -0.130. The molecule has 0 aromatic heterocycles. The third-order valence-corrected chi connectivity index (χ3v) is 4.51. The number of halogens is 1. The largest absolute Gasteiger partial charge is 0.381 e. The monoisotopic (exact) mass is 310 g/mol. The number of hydrogen-bond acceptors (Lipinski definition) is 3. The summed E-state index contributed by atoms with van der Waals surface area (Å²) in [5.41, 5.74) is 5.92. The van der Waals surface area contributed by atoms with Gasteiger partial charge in [0.1, 0.15) is 0 Å². The fraction of sp³-hybridized carbons (Fsp3) is 0.562. The molecule has 1 amide bonds. The Morgan fingerprint density at radius 3 is 2.71 bits per heavy atom. The summed E-state index contributed by atoms with van der Waals surface area (Å²) < 4.78 is 5.44. The molecule has 1 aliphatic heterocycles. The second-order valence-electron chi connectivity index (χ2n) is 5.73. The molecule has 116 valence electrons. The van der Waals surface area contributed by atoms with Crippen molar-refractivity contribution in [1.29, 1.82) is 0 Å². The highest BCUT2D eigenvalue weighted by atomic mass is 35.5. The van der Waals surface area contributed by atoms with Crippen LogP contribution in [-0.4, -0.2) is 32.2 Å². The van der Waals surface area contributed by atoms with Gasteiger partial charge in [-0.05, 0) is 36.9 Å². The molecule has 21 heavy (non-hydrogen) atoms. The zero-order valence-corrected chi connectivity index (χ0v) is 13.2. The number of benzene rings is 1. The second-order valence-corrected chi connectivity index (χ2v) is 6.13. The number of nitrogens with two attached hydrogens (primary N) is 1. The third kappa shape index (κ3) is 3.57. The predicted octanol–water partition coefficient (Wildman–Crippen LogP) is 2.10. The highest BCUT2D eigenvalue weighted by molar-refractivity contribution is 6.31. The van der Waals surface area contributed by atoms with E-state index < -0.39 is 5.41 Å². The summed E-state index contributed by atoms with van der Waals surface area (Å²) in [6.45, 7) is 4.31. The Kier molecular flexibility index (Phi) is 5.62. The van der Waals surface area contributed by atoms with Crippen molar-refractivity contribution >= 4 is 17.5 Å². The van der Waals surface area contributed by atoms with Crippen molar-refractivity contribution in [3.63, 3.8) is 0 Å². The number of carbonyl (C=O) groups excluding carboxylic acids is 1. The Hall–Kier alpha value is -1.10. The van der Waals surface area contributed by atoms with Crippen molar-refractivity contribution in [3.8, 4) is 0 Å². The molecule has 2 rings (SSSR count). The zero-order valence-electron chi connectivity index (χ0n) is 12.4. The Morgan fingerprint density at radius 1 is 1.43 bits per heavy atom. The molecule has 0 saturated carbocycles. The van der Waals surface area contributed by atoms with Gasteiger partial charge in [0.2, 0.25) is 5.91 Å². The van der Waals surface area contributed by atoms with E-state index in [1.165, 1.54) is 0 Å². The Bertz CT molecular complexity index is 487. The molecular formula is C16H23ClN2O2. The van der Waals surface area contributed by atoms with Gasteiger partial charge < -0.3 is 15.8 Å². The van der Waals surface area contributed by atoms with Crippen LogP contribution in [0.1, 0.15) is 25.3 Å². The first kappa shape index (κ1) is 16.3. The zero-order chi connectivity index (χ0) is 15.3. The summed E-state index contributed by atoms with van der Waals surface area (Å²) in [5, 5.41) is 3.68. The molecule has 5 heteroatoms. The molecule has 1 unspecified atom stereocenters. The summed E-state index contributed by atoms with van der Waals surface area (Å²) in [7, 11) is 0. The van der Waals surface area contributed by atoms with Gasteiger partial charge in [-0.15, -0.1) is 0 Å². The number of carbonyl (C=O) groups is 1. The van der Waals surface area contributed by atoms with E-state index in [2.05, 4.69) is 5.32 Å². The van der Waals surface area contributed by atoms with Crippen LogP contribution in [0.2, 0.25) is 5.02 Å². The lowest BCUT2D eigenvalue weighted by atomic mass is 9.73. The number of amides is 1. The van der Waals surface area contributed by atoms with Crippen LogP contribution in [0.25, 0.3) is 0 Å². The Balaban J connectivity index is 2.25. The first-order valence-electron chi connectivity index (χ1n) is 7.41. The molecule has 0 spiro atoms. The van der Waals surface area contributed by atoms with Crippen LogP contribution in [0.3, 0.4) is 0 Å². The highest BCUT2D eigenvalue weighted by Gasteiger charge is 2.42. The average molecular weight is 311 g/mol. The van der Waals surface area contributed by atoms with E-state index in [0.717, 1.165) is 5.56 Å². The highest BCUT2D eigenvalue weighted by Crippen LogP contribution is 2.38. The number of hydrogen-bond donors (Lipinski definition) is 2. The standard InChI is InChI=1S/C16H23ClN2O2/c1-12(10-18)11-19-15(20)16(6-8-21-9-7-16)13-4-2-3-5-14(13)17/h2-5,12H,6-11,18H2,1H3,(H,19,20). The van der Waals surface area contributed by atoms with Gasteiger partial charge >= 0.3 is 0 Å². The van der Waals surface area contributed by atoms with E-state index in [4.69, 9.17) is 22.1 Å². The van der Waals surface area contributed by atoms with Gasteiger partial charge in [0, 0.05) is 24.8 Å². The molecule has 4 nitrogen and oxygen atoms in total. The molecule has 3 N–H and O–H groups in total. The van der Waals surface area contributed by atoms with Crippen molar-refractivity contribution < 1.29 is 9.53 Å². The van der Waals surface area contributed by atoms with E-state index in [1.807, 2.05) is 31.2 Å². The molecule has 0 radical (unpaired) electrons. The maximum atomic E-state index is 12.8. The van der Waals surface area contributed by atoms with Gasteiger partial charge in [-0.1, -0.05) is 36.7 Å². The first-order chi connectivity index (χ1) is 10.1. The topological polar surface area (TPSA) is 64.3 Å². The van der Waals surface area contributed by atoms with E-state index in [1.54, 1.807) is 0 Å². The van der Waals surface area contributed by atoms with E-state index in [9.17, 15) is 4.79 Å². The summed E-state index contributed by atoms with van der Waals surface area (Å²) in [6.07, 6.45) is 1.30. The van der Waals surface area contributed by atoms with Crippen molar-refractivity contribution in [1.82, 2.24) is 5.32 Å². The molecule has 1 heterocycles.